The number of halogens is 3. The monoisotopic (exact) mass is 474 g/mol. The highest BCUT2D eigenvalue weighted by Crippen LogP contribution is 2.28. The molecule has 2 aromatic carbocycles. The van der Waals surface area contributed by atoms with Crippen molar-refractivity contribution in [3.8, 4) is 0 Å². The smallest absolute Gasteiger partial charge is 0.128 e. The lowest BCUT2D eigenvalue weighted by Gasteiger charge is -2.12. The number of alkyl halides is 1. The zero-order chi connectivity index (χ0) is 15.0. The van der Waals surface area contributed by atoms with E-state index in [1.807, 2.05) is 19.1 Å². The molecule has 5 heteroatoms. The Morgan fingerprint density at radius 2 is 2.05 bits per heavy atom. The maximum Gasteiger partial charge on any atom is 0.128 e. The lowest BCUT2D eigenvalue weighted by atomic mass is 10.2. The molecule has 108 valence electrons. The third kappa shape index (κ3) is 3.12. The molecule has 2 nitrogen and oxygen atoms in total. The summed E-state index contributed by atoms with van der Waals surface area (Å²) in [5.41, 5.74) is 3.33. The molecule has 1 atom stereocenters. The summed E-state index contributed by atoms with van der Waals surface area (Å²) >= 11 is 12.2. The second-order valence-electron chi connectivity index (χ2n) is 4.90. The Morgan fingerprint density at radius 1 is 1.29 bits per heavy atom. The lowest BCUT2D eigenvalue weighted by molar-refractivity contribution is 0.740. The van der Waals surface area contributed by atoms with Crippen LogP contribution in [-0.4, -0.2) is 9.55 Å². The van der Waals surface area contributed by atoms with Gasteiger partial charge in [-0.15, -0.1) is 11.6 Å². The van der Waals surface area contributed by atoms with Crippen molar-refractivity contribution in [2.45, 2.75) is 18.8 Å². The van der Waals surface area contributed by atoms with E-state index in [4.69, 9.17) is 16.6 Å². The second kappa shape index (κ2) is 6.26. The van der Waals surface area contributed by atoms with Gasteiger partial charge in [-0.3, -0.25) is 0 Å². The van der Waals surface area contributed by atoms with Crippen LogP contribution in [0.25, 0.3) is 11.0 Å². The van der Waals surface area contributed by atoms with E-state index in [1.54, 1.807) is 0 Å². The average molecular weight is 476 g/mol. The molecule has 1 heterocycles. The number of rotatable bonds is 3. The lowest BCUT2D eigenvalue weighted by Crippen LogP contribution is -2.06. The van der Waals surface area contributed by atoms with Crippen LogP contribution < -0.4 is 0 Å². The van der Waals surface area contributed by atoms with Gasteiger partial charge in [-0.05, 0) is 59.3 Å². The van der Waals surface area contributed by atoms with Gasteiger partial charge >= 0.3 is 0 Å². The largest absolute Gasteiger partial charge is 0.322 e. The van der Waals surface area contributed by atoms with Gasteiger partial charge in [0.15, 0.2) is 0 Å². The van der Waals surface area contributed by atoms with Crippen LogP contribution in [0.3, 0.4) is 0 Å². The van der Waals surface area contributed by atoms with Gasteiger partial charge in [0.05, 0.1) is 23.0 Å². The van der Waals surface area contributed by atoms with Gasteiger partial charge in [0.2, 0.25) is 0 Å². The maximum absolute atomic E-state index is 6.33. The standard InChI is InChI=1S/C16H13BrClIN2/c1-10(18)16-20-14-8-12(19)6-7-15(14)21(16)9-11-4-2-3-5-13(11)17/h2-8,10H,9H2,1H3. The molecule has 0 saturated heterocycles. The van der Waals surface area contributed by atoms with Crippen LogP contribution in [0.15, 0.2) is 46.9 Å². The Kier molecular flexibility index (Phi) is 4.57. The number of fused-ring (bicyclic) bond motifs is 1. The molecule has 1 aromatic heterocycles. The fourth-order valence-corrected chi connectivity index (χ4v) is 3.44. The summed E-state index contributed by atoms with van der Waals surface area (Å²) in [7, 11) is 0. The third-order valence-corrected chi connectivity index (χ3v) is 5.02. The van der Waals surface area contributed by atoms with Crippen LogP contribution >= 0.6 is 50.1 Å². The summed E-state index contributed by atoms with van der Waals surface area (Å²) in [6.45, 7) is 2.72. The summed E-state index contributed by atoms with van der Waals surface area (Å²) in [5, 5.41) is -0.127. The van der Waals surface area contributed by atoms with Crippen molar-refractivity contribution >= 4 is 61.2 Å². The van der Waals surface area contributed by atoms with Gasteiger partial charge in [-0.25, -0.2) is 4.98 Å². The predicted molar refractivity (Wildman–Crippen MR) is 100.0 cm³/mol. The Balaban J connectivity index is 2.16. The highest BCUT2D eigenvalue weighted by Gasteiger charge is 2.16. The molecule has 0 fully saturated rings. The minimum Gasteiger partial charge on any atom is -0.322 e. The van der Waals surface area contributed by atoms with Gasteiger partial charge < -0.3 is 4.57 Å². The van der Waals surface area contributed by atoms with Crippen LogP contribution in [0.5, 0.6) is 0 Å². The van der Waals surface area contributed by atoms with Crippen LogP contribution in [0.1, 0.15) is 23.7 Å². The first-order valence-corrected chi connectivity index (χ1v) is 8.90. The summed E-state index contributed by atoms with van der Waals surface area (Å²) in [6.07, 6.45) is 0. The zero-order valence-electron chi connectivity index (χ0n) is 11.4. The highest BCUT2D eigenvalue weighted by molar-refractivity contribution is 14.1. The van der Waals surface area contributed by atoms with Crippen LogP contribution in [0, 0.1) is 3.57 Å². The van der Waals surface area contributed by atoms with Gasteiger partial charge in [-0.1, -0.05) is 34.1 Å². The molecular weight excluding hydrogens is 462 g/mol. The molecule has 1 unspecified atom stereocenters. The minimum absolute atomic E-state index is 0.127. The predicted octanol–water partition coefficient (Wildman–Crippen LogP) is 5.75. The van der Waals surface area contributed by atoms with E-state index < -0.39 is 0 Å². The summed E-state index contributed by atoms with van der Waals surface area (Å²) in [4.78, 5) is 4.71. The fourth-order valence-electron chi connectivity index (χ4n) is 2.39. The van der Waals surface area contributed by atoms with Gasteiger partial charge in [-0.2, -0.15) is 0 Å². The van der Waals surface area contributed by atoms with E-state index in [2.05, 4.69) is 73.4 Å². The zero-order valence-corrected chi connectivity index (χ0v) is 15.9. The van der Waals surface area contributed by atoms with Crippen molar-refractivity contribution in [1.82, 2.24) is 9.55 Å². The third-order valence-electron chi connectivity index (χ3n) is 3.38. The average Bonchev–Trinajstić information content (AvgIpc) is 2.79. The molecule has 3 aromatic rings. The molecule has 3 rings (SSSR count). The maximum atomic E-state index is 6.33. The van der Waals surface area contributed by atoms with Crippen molar-refractivity contribution in [3.63, 3.8) is 0 Å². The van der Waals surface area contributed by atoms with Crippen LogP contribution in [-0.2, 0) is 6.54 Å². The molecule has 0 amide bonds. The molecule has 0 saturated carbocycles. The van der Waals surface area contributed by atoms with Crippen molar-refractivity contribution in [3.05, 3.63) is 61.9 Å². The Morgan fingerprint density at radius 3 is 2.76 bits per heavy atom. The summed E-state index contributed by atoms with van der Waals surface area (Å²) in [5.74, 6) is 0.907. The topological polar surface area (TPSA) is 17.8 Å². The Labute approximate surface area is 150 Å². The number of hydrogen-bond acceptors (Lipinski definition) is 1. The van der Waals surface area contributed by atoms with E-state index >= 15 is 0 Å². The molecular formula is C16H13BrClIN2. The normalized spacial score (nSPS) is 12.8. The number of aromatic nitrogens is 2. The van der Waals surface area contributed by atoms with Gasteiger partial charge in [0.25, 0.3) is 0 Å². The van der Waals surface area contributed by atoms with Gasteiger partial charge in [0.1, 0.15) is 5.82 Å². The van der Waals surface area contributed by atoms with Crippen LogP contribution in [0.2, 0.25) is 0 Å². The number of hydrogen-bond donors (Lipinski definition) is 0. The number of benzene rings is 2. The number of nitrogens with zero attached hydrogens (tertiary/aromatic N) is 2. The van der Waals surface area contributed by atoms with E-state index in [-0.39, 0.29) is 5.38 Å². The Bertz CT molecular complexity index is 798. The van der Waals surface area contributed by atoms with E-state index in [0.29, 0.717) is 0 Å². The first-order valence-electron chi connectivity index (χ1n) is 6.59. The molecule has 0 aliphatic heterocycles. The van der Waals surface area contributed by atoms with E-state index in [0.717, 1.165) is 27.9 Å². The van der Waals surface area contributed by atoms with Gasteiger partial charge in [0, 0.05) is 8.04 Å². The van der Waals surface area contributed by atoms with Crippen molar-refractivity contribution in [1.29, 1.82) is 0 Å². The summed E-state index contributed by atoms with van der Waals surface area (Å²) < 4.78 is 4.48. The summed E-state index contributed by atoms with van der Waals surface area (Å²) in [6, 6.07) is 14.5. The van der Waals surface area contributed by atoms with E-state index in [1.165, 1.54) is 9.13 Å². The molecule has 0 N–H and O–H groups in total. The van der Waals surface area contributed by atoms with Crippen LogP contribution in [0.4, 0.5) is 0 Å². The molecule has 0 aliphatic carbocycles. The van der Waals surface area contributed by atoms with Crippen molar-refractivity contribution < 1.29 is 0 Å². The first-order chi connectivity index (χ1) is 10.1. The molecule has 0 aliphatic rings. The molecule has 0 radical (unpaired) electrons. The SMILES string of the molecule is CC(Cl)c1nc2cc(I)ccc2n1Cc1ccccc1Br. The van der Waals surface area contributed by atoms with Crippen molar-refractivity contribution in [2.24, 2.45) is 0 Å². The fraction of sp³-hybridized carbons (Fsp3) is 0.188. The second-order valence-corrected chi connectivity index (χ2v) is 7.65. The molecule has 0 bridgehead atoms. The Hall–Kier alpha value is -0.590. The minimum atomic E-state index is -0.127. The molecule has 21 heavy (non-hydrogen) atoms. The quantitative estimate of drug-likeness (QED) is 0.348. The highest BCUT2D eigenvalue weighted by atomic mass is 127. The van der Waals surface area contributed by atoms with Crippen molar-refractivity contribution in [2.75, 3.05) is 0 Å². The molecule has 0 spiro atoms. The van der Waals surface area contributed by atoms with E-state index in [9.17, 15) is 0 Å². The first kappa shape index (κ1) is 15.3. The number of imidazole rings is 1.